The highest BCUT2D eigenvalue weighted by Gasteiger charge is 2.37. The first-order valence-electron chi connectivity index (χ1n) is 8.60. The Kier molecular flexibility index (Phi) is 5.99. The molecule has 0 bridgehead atoms. The molecule has 1 aliphatic heterocycles. The van der Waals surface area contributed by atoms with E-state index < -0.39 is 29.7 Å². The van der Waals surface area contributed by atoms with Crippen LogP contribution in [0.15, 0.2) is 41.0 Å². The predicted octanol–water partition coefficient (Wildman–Crippen LogP) is 2.99. The summed E-state index contributed by atoms with van der Waals surface area (Å²) in [5.41, 5.74) is -0.0713. The molecule has 148 valence electrons. The maximum Gasteiger partial charge on any atom is 0.312 e. The minimum atomic E-state index is -1.16. The number of benzene rings is 1. The third-order valence-corrected chi connectivity index (χ3v) is 4.56. The summed E-state index contributed by atoms with van der Waals surface area (Å²) < 4.78 is 24.1. The van der Waals surface area contributed by atoms with Crippen LogP contribution in [0.2, 0.25) is 5.02 Å². The van der Waals surface area contributed by atoms with Crippen molar-refractivity contribution in [1.82, 2.24) is 4.90 Å². The molecule has 1 saturated heterocycles. The summed E-state index contributed by atoms with van der Waals surface area (Å²) >= 11 is 5.67. The summed E-state index contributed by atoms with van der Waals surface area (Å²) in [5.74, 6) is -2.31. The van der Waals surface area contributed by atoms with E-state index in [9.17, 15) is 18.8 Å². The Morgan fingerprint density at radius 1 is 1.43 bits per heavy atom. The van der Waals surface area contributed by atoms with E-state index in [1.165, 1.54) is 30.2 Å². The first-order chi connectivity index (χ1) is 13.3. The second-order valence-electron chi connectivity index (χ2n) is 6.45. The summed E-state index contributed by atoms with van der Waals surface area (Å²) in [5, 5.41) is 2.54. The zero-order valence-corrected chi connectivity index (χ0v) is 15.7. The number of furan rings is 1. The molecule has 2 aromatic rings. The Morgan fingerprint density at radius 3 is 2.89 bits per heavy atom. The van der Waals surface area contributed by atoms with Crippen LogP contribution in [-0.4, -0.2) is 35.3 Å². The molecule has 1 aliphatic rings. The number of likely N-dealkylation sites (tertiary alicyclic amines) is 1. The molecule has 2 heterocycles. The normalized spacial score (nSPS) is 17.5. The van der Waals surface area contributed by atoms with Gasteiger partial charge in [-0.05, 0) is 37.3 Å². The fourth-order valence-corrected chi connectivity index (χ4v) is 2.98. The van der Waals surface area contributed by atoms with Crippen molar-refractivity contribution in [3.63, 3.8) is 0 Å². The first kappa shape index (κ1) is 19.9. The van der Waals surface area contributed by atoms with Crippen LogP contribution in [0.3, 0.4) is 0 Å². The van der Waals surface area contributed by atoms with Gasteiger partial charge in [0.05, 0.1) is 24.4 Å². The van der Waals surface area contributed by atoms with Crippen LogP contribution in [-0.2, 0) is 25.7 Å². The van der Waals surface area contributed by atoms with Crippen LogP contribution >= 0.6 is 11.6 Å². The SMILES string of the molecule is C[C@@H](OC(=O)[C@H]1CC(=O)N(Cc2ccco2)C1)C(=O)Nc1ccc(Cl)cc1F. The van der Waals surface area contributed by atoms with Crippen LogP contribution in [0.25, 0.3) is 0 Å². The van der Waals surface area contributed by atoms with E-state index >= 15 is 0 Å². The van der Waals surface area contributed by atoms with Crippen LogP contribution in [0.1, 0.15) is 19.1 Å². The number of nitrogens with one attached hydrogen (secondary N) is 1. The lowest BCUT2D eigenvalue weighted by Crippen LogP contribution is -2.33. The molecule has 1 aromatic heterocycles. The van der Waals surface area contributed by atoms with Gasteiger partial charge in [-0.25, -0.2) is 4.39 Å². The summed E-state index contributed by atoms with van der Waals surface area (Å²) in [7, 11) is 0. The Hall–Kier alpha value is -2.87. The Morgan fingerprint density at radius 2 is 2.21 bits per heavy atom. The van der Waals surface area contributed by atoms with Crippen molar-refractivity contribution < 1.29 is 27.9 Å². The van der Waals surface area contributed by atoms with Gasteiger partial charge in [0, 0.05) is 18.0 Å². The Labute approximate surface area is 165 Å². The van der Waals surface area contributed by atoms with Crippen LogP contribution in [0, 0.1) is 11.7 Å². The van der Waals surface area contributed by atoms with Gasteiger partial charge < -0.3 is 19.4 Å². The Bertz CT molecular complexity index is 886. The maximum absolute atomic E-state index is 13.8. The van der Waals surface area contributed by atoms with Crippen molar-refractivity contribution in [2.24, 2.45) is 5.92 Å². The number of esters is 1. The topological polar surface area (TPSA) is 88.9 Å². The molecule has 0 saturated carbocycles. The molecule has 9 heteroatoms. The third kappa shape index (κ3) is 4.69. The molecule has 1 N–H and O–H groups in total. The van der Waals surface area contributed by atoms with Crippen molar-refractivity contribution >= 4 is 35.1 Å². The number of ether oxygens (including phenoxy) is 1. The lowest BCUT2D eigenvalue weighted by Gasteiger charge is -2.17. The largest absolute Gasteiger partial charge is 0.467 e. The van der Waals surface area contributed by atoms with Crippen LogP contribution in [0.4, 0.5) is 10.1 Å². The van der Waals surface area contributed by atoms with E-state index in [1.54, 1.807) is 12.1 Å². The molecule has 0 radical (unpaired) electrons. The molecule has 0 aliphatic carbocycles. The summed E-state index contributed by atoms with van der Waals surface area (Å²) in [6.07, 6.45) is 0.349. The number of carbonyl (C=O) groups excluding carboxylic acids is 3. The highest BCUT2D eigenvalue weighted by atomic mass is 35.5. The van der Waals surface area contributed by atoms with Gasteiger partial charge in [0.25, 0.3) is 5.91 Å². The van der Waals surface area contributed by atoms with Gasteiger partial charge in [0.15, 0.2) is 6.10 Å². The van der Waals surface area contributed by atoms with Crippen LogP contribution < -0.4 is 5.32 Å². The Balaban J connectivity index is 1.53. The number of carbonyl (C=O) groups is 3. The van der Waals surface area contributed by atoms with E-state index in [0.29, 0.717) is 5.76 Å². The maximum atomic E-state index is 13.8. The molecule has 2 atom stereocenters. The van der Waals surface area contributed by atoms with Gasteiger partial charge in [-0.15, -0.1) is 0 Å². The molecular weight excluding hydrogens is 391 g/mol. The number of hydrogen-bond donors (Lipinski definition) is 1. The zero-order chi connectivity index (χ0) is 20.3. The van der Waals surface area contributed by atoms with Crippen molar-refractivity contribution in [3.8, 4) is 0 Å². The molecule has 2 amide bonds. The first-order valence-corrected chi connectivity index (χ1v) is 8.98. The minimum absolute atomic E-state index is 0.000304. The fourth-order valence-electron chi connectivity index (χ4n) is 2.82. The average Bonchev–Trinajstić information content (AvgIpc) is 3.28. The van der Waals surface area contributed by atoms with Gasteiger partial charge in [0.2, 0.25) is 5.91 Å². The van der Waals surface area contributed by atoms with Crippen molar-refractivity contribution in [1.29, 1.82) is 0 Å². The van der Waals surface area contributed by atoms with Gasteiger partial charge in [-0.1, -0.05) is 11.6 Å². The second kappa shape index (κ2) is 8.43. The van der Waals surface area contributed by atoms with E-state index in [4.69, 9.17) is 20.8 Å². The zero-order valence-electron chi connectivity index (χ0n) is 15.0. The lowest BCUT2D eigenvalue weighted by atomic mass is 10.1. The van der Waals surface area contributed by atoms with Gasteiger partial charge >= 0.3 is 5.97 Å². The minimum Gasteiger partial charge on any atom is -0.467 e. The smallest absolute Gasteiger partial charge is 0.312 e. The van der Waals surface area contributed by atoms with E-state index in [1.807, 2.05) is 0 Å². The third-order valence-electron chi connectivity index (χ3n) is 4.33. The molecule has 7 nitrogen and oxygen atoms in total. The van der Waals surface area contributed by atoms with Gasteiger partial charge in [-0.2, -0.15) is 0 Å². The summed E-state index contributed by atoms with van der Waals surface area (Å²) in [6, 6.07) is 7.25. The fraction of sp³-hybridized carbons (Fsp3) is 0.316. The molecular formula is C19H18ClFN2O5. The lowest BCUT2D eigenvalue weighted by molar-refractivity contribution is -0.157. The number of halogens is 2. The molecule has 3 rings (SSSR count). The van der Waals surface area contributed by atoms with Gasteiger partial charge in [0.1, 0.15) is 11.6 Å². The van der Waals surface area contributed by atoms with Crippen molar-refractivity contribution in [2.75, 3.05) is 11.9 Å². The molecule has 0 unspecified atom stereocenters. The average molecular weight is 409 g/mol. The summed E-state index contributed by atoms with van der Waals surface area (Å²) in [4.78, 5) is 38.1. The predicted molar refractivity (Wildman–Crippen MR) is 97.8 cm³/mol. The number of amides is 2. The monoisotopic (exact) mass is 408 g/mol. The highest BCUT2D eigenvalue weighted by molar-refractivity contribution is 6.30. The highest BCUT2D eigenvalue weighted by Crippen LogP contribution is 2.23. The van der Waals surface area contributed by atoms with Crippen molar-refractivity contribution in [3.05, 3.63) is 53.2 Å². The number of rotatable bonds is 6. The van der Waals surface area contributed by atoms with E-state index in [2.05, 4.69) is 5.32 Å². The van der Waals surface area contributed by atoms with Gasteiger partial charge in [-0.3, -0.25) is 14.4 Å². The number of nitrogens with zero attached hydrogens (tertiary/aromatic N) is 1. The second-order valence-corrected chi connectivity index (χ2v) is 6.88. The molecule has 28 heavy (non-hydrogen) atoms. The van der Waals surface area contributed by atoms with Crippen molar-refractivity contribution in [2.45, 2.75) is 26.0 Å². The number of hydrogen-bond acceptors (Lipinski definition) is 5. The summed E-state index contributed by atoms with van der Waals surface area (Å²) in [6.45, 7) is 1.82. The molecule has 0 spiro atoms. The van der Waals surface area contributed by atoms with Crippen LogP contribution in [0.5, 0.6) is 0 Å². The van der Waals surface area contributed by atoms with E-state index in [0.717, 1.165) is 6.07 Å². The quantitative estimate of drug-likeness (QED) is 0.742. The standard InChI is InChI=1S/C19H18ClFN2O5/c1-11(18(25)22-16-5-4-13(20)8-15(16)21)28-19(26)12-7-17(24)23(9-12)10-14-3-2-6-27-14/h2-6,8,11-12H,7,9-10H2,1H3,(H,22,25)/t11-,12+/m1/s1. The van der Waals surface area contributed by atoms with E-state index in [-0.39, 0.29) is 36.1 Å². The number of anilines is 1. The molecule has 1 fully saturated rings. The molecule has 1 aromatic carbocycles.